The normalized spacial score (nSPS) is 13.6. The zero-order valence-electron chi connectivity index (χ0n) is 8.12. The van der Waals surface area contributed by atoms with Crippen LogP contribution in [0.3, 0.4) is 0 Å². The number of rotatable bonds is 7. The Kier molecular flexibility index (Phi) is 7.30. The second-order valence-electron chi connectivity index (χ2n) is 2.39. The zero-order chi connectivity index (χ0) is 10.8. The van der Waals surface area contributed by atoms with Crippen molar-refractivity contribution in [3.8, 4) is 0 Å². The van der Waals surface area contributed by atoms with Gasteiger partial charge in [0.05, 0.1) is 12.6 Å². The molecule has 0 aromatic rings. The quantitative estimate of drug-likeness (QED) is 0.373. The molecule has 0 spiro atoms. The molecule has 0 fully saturated rings. The van der Waals surface area contributed by atoms with E-state index in [1.165, 1.54) is 14.2 Å². The third kappa shape index (κ3) is 4.54. The van der Waals surface area contributed by atoms with Gasteiger partial charge in [-0.2, -0.15) is 0 Å². The molecular weight excluding hydrogens is 188 g/mol. The van der Waals surface area contributed by atoms with Gasteiger partial charge in [0.15, 0.2) is 6.54 Å². The number of hydrogen-bond donors (Lipinski definition) is 1. The third-order valence-corrected chi connectivity index (χ3v) is 1.68. The van der Waals surface area contributed by atoms with Crippen LogP contribution < -0.4 is 4.91 Å². The van der Waals surface area contributed by atoms with Crippen molar-refractivity contribution in [1.29, 1.82) is 5.53 Å². The van der Waals surface area contributed by atoms with Crippen LogP contribution in [-0.2, 0) is 9.47 Å². The van der Waals surface area contributed by atoms with Crippen LogP contribution in [0.4, 0.5) is 0 Å². The number of nitrogens with one attached hydrogen (secondary N) is 1. The third-order valence-electron chi connectivity index (χ3n) is 1.68. The van der Waals surface area contributed by atoms with E-state index in [0.717, 1.165) is 0 Å². The minimum absolute atomic E-state index is 0.166. The van der Waals surface area contributed by atoms with E-state index < -0.39 is 0 Å². The molecule has 0 radical (unpaired) electrons. The average molecular weight is 201 g/mol. The lowest BCUT2D eigenvalue weighted by Crippen LogP contribution is -2.34. The largest absolute Gasteiger partial charge is 0.379 e. The van der Waals surface area contributed by atoms with Crippen molar-refractivity contribution in [2.45, 2.75) is 12.2 Å². The highest BCUT2D eigenvalue weighted by molar-refractivity contribution is 4.74. The molecule has 0 saturated heterocycles. The highest BCUT2D eigenvalue weighted by Gasteiger charge is 2.21. The molecule has 2 atom stereocenters. The van der Waals surface area contributed by atoms with E-state index in [9.17, 15) is 0 Å². The Morgan fingerprint density at radius 3 is 2.07 bits per heavy atom. The summed E-state index contributed by atoms with van der Waals surface area (Å²) in [6, 6.07) is 0. The van der Waals surface area contributed by atoms with Crippen LogP contribution in [0.1, 0.15) is 0 Å². The molecule has 0 aliphatic rings. The van der Waals surface area contributed by atoms with Crippen molar-refractivity contribution in [2.24, 2.45) is 10.2 Å². The summed E-state index contributed by atoms with van der Waals surface area (Å²) in [5.74, 6) is 0. The SMILES string of the molecule is CO[C@@H](CN=[N+]=[N-])[C@@H](CN=[N+]=N)OC. The van der Waals surface area contributed by atoms with Gasteiger partial charge in [-0.3, -0.25) is 0 Å². The molecule has 0 aromatic carbocycles. The first-order chi connectivity index (χ1) is 6.79. The summed E-state index contributed by atoms with van der Waals surface area (Å²) in [6.45, 7) is 0.373. The molecule has 0 heterocycles. The topological polar surface area (TPSA) is 118 Å². The predicted octanol–water partition coefficient (Wildman–Crippen LogP) is 0.877. The van der Waals surface area contributed by atoms with Crippen molar-refractivity contribution in [1.82, 2.24) is 4.91 Å². The number of azide groups is 1. The second kappa shape index (κ2) is 8.15. The fourth-order valence-corrected chi connectivity index (χ4v) is 0.926. The molecule has 8 heteroatoms. The van der Waals surface area contributed by atoms with Gasteiger partial charge in [0, 0.05) is 19.1 Å². The lowest BCUT2D eigenvalue weighted by molar-refractivity contribution is -0.0260. The number of methoxy groups -OCH3 is 2. The summed E-state index contributed by atoms with van der Waals surface area (Å²) < 4.78 is 10.1. The fraction of sp³-hybridized carbons (Fsp3) is 1.00. The van der Waals surface area contributed by atoms with Crippen LogP contribution in [0.2, 0.25) is 0 Å². The molecule has 0 saturated carbocycles. The summed E-state index contributed by atoms with van der Waals surface area (Å²) in [7, 11) is 2.98. The van der Waals surface area contributed by atoms with E-state index in [0.29, 0.717) is 0 Å². The minimum atomic E-state index is -0.374. The van der Waals surface area contributed by atoms with E-state index in [2.05, 4.69) is 20.1 Å². The zero-order valence-corrected chi connectivity index (χ0v) is 8.12. The molecule has 0 aromatic heterocycles. The van der Waals surface area contributed by atoms with Gasteiger partial charge in [-0.15, -0.1) is 0 Å². The minimum Gasteiger partial charge on any atom is -0.379 e. The first kappa shape index (κ1) is 12.5. The van der Waals surface area contributed by atoms with Crippen LogP contribution in [0, 0.1) is 5.53 Å². The van der Waals surface area contributed by atoms with E-state index in [4.69, 9.17) is 20.5 Å². The van der Waals surface area contributed by atoms with Crippen LogP contribution in [-0.4, -0.2) is 39.5 Å². The lowest BCUT2D eigenvalue weighted by atomic mass is 10.2. The van der Waals surface area contributed by atoms with Gasteiger partial charge in [0.25, 0.3) is 0 Å². The highest BCUT2D eigenvalue weighted by Crippen LogP contribution is 2.04. The Bertz CT molecular complexity index is 219. The molecular formula is C6H13N6O2+. The smallest absolute Gasteiger partial charge is 0.214 e. The van der Waals surface area contributed by atoms with Crippen LogP contribution in [0.5, 0.6) is 0 Å². The highest BCUT2D eigenvalue weighted by atomic mass is 16.5. The molecule has 0 amide bonds. The molecule has 0 bridgehead atoms. The van der Waals surface area contributed by atoms with Gasteiger partial charge in [-0.25, -0.2) is 0 Å². The van der Waals surface area contributed by atoms with Gasteiger partial charge in [-0.1, -0.05) is 5.11 Å². The number of hydrogen-bond acceptors (Lipinski definition) is 5. The molecule has 0 unspecified atom stereocenters. The van der Waals surface area contributed by atoms with E-state index in [1.54, 1.807) is 0 Å². The molecule has 0 aliphatic heterocycles. The van der Waals surface area contributed by atoms with Crippen LogP contribution in [0.25, 0.3) is 10.4 Å². The van der Waals surface area contributed by atoms with Crippen LogP contribution in [0.15, 0.2) is 10.2 Å². The van der Waals surface area contributed by atoms with Crippen molar-refractivity contribution in [3.05, 3.63) is 10.4 Å². The Hall–Kier alpha value is -1.46. The average Bonchev–Trinajstić information content (AvgIpc) is 2.23. The van der Waals surface area contributed by atoms with Crippen molar-refractivity contribution >= 4 is 0 Å². The van der Waals surface area contributed by atoms with E-state index >= 15 is 0 Å². The molecule has 8 nitrogen and oxygen atoms in total. The summed E-state index contributed by atoms with van der Waals surface area (Å²) >= 11 is 0. The molecule has 0 rings (SSSR count). The molecule has 14 heavy (non-hydrogen) atoms. The van der Waals surface area contributed by atoms with Gasteiger partial charge in [0.2, 0.25) is 4.91 Å². The maximum atomic E-state index is 8.13. The first-order valence-electron chi connectivity index (χ1n) is 3.89. The maximum Gasteiger partial charge on any atom is 0.214 e. The second-order valence-corrected chi connectivity index (χ2v) is 2.39. The maximum absolute atomic E-state index is 8.13. The Labute approximate surface area is 81.1 Å². The molecule has 1 N–H and O–H groups in total. The summed E-state index contributed by atoms with van der Waals surface area (Å²) in [5.41, 5.74) is 14.6. The molecule has 78 valence electrons. The van der Waals surface area contributed by atoms with Crippen molar-refractivity contribution < 1.29 is 9.47 Å². The summed E-state index contributed by atoms with van der Waals surface area (Å²) in [4.78, 5) is 5.48. The molecule has 0 aliphatic carbocycles. The Balaban J connectivity index is 4.26. The predicted molar refractivity (Wildman–Crippen MR) is 47.8 cm³/mol. The fourth-order valence-electron chi connectivity index (χ4n) is 0.926. The number of nitrogens with zero attached hydrogens (tertiary/aromatic N) is 5. The first-order valence-corrected chi connectivity index (χ1v) is 3.89. The van der Waals surface area contributed by atoms with Gasteiger partial charge < -0.3 is 9.47 Å². The standard InChI is InChI=1S/C6H13N6O2/c1-13-5(3-9-11-7)6(14-2)4-10-12-8/h5-7H,3-4H2,1-2H3/q+1/t5-,6+/m1/s1. The van der Waals surface area contributed by atoms with Crippen molar-refractivity contribution in [2.75, 3.05) is 27.3 Å². The monoisotopic (exact) mass is 201 g/mol. The number of ether oxygens (including phenoxy) is 2. The van der Waals surface area contributed by atoms with Gasteiger partial charge in [0.1, 0.15) is 16.7 Å². The summed E-state index contributed by atoms with van der Waals surface area (Å²) in [5, 5.41) is 6.85. The Morgan fingerprint density at radius 2 is 1.71 bits per heavy atom. The van der Waals surface area contributed by atoms with E-state index in [1.807, 2.05) is 0 Å². The Morgan fingerprint density at radius 1 is 1.21 bits per heavy atom. The summed E-state index contributed by atoms with van der Waals surface area (Å²) in [6.07, 6.45) is -0.735. The van der Waals surface area contributed by atoms with Gasteiger partial charge >= 0.3 is 0 Å². The lowest BCUT2D eigenvalue weighted by Gasteiger charge is -2.19. The van der Waals surface area contributed by atoms with Crippen molar-refractivity contribution in [3.63, 3.8) is 0 Å². The van der Waals surface area contributed by atoms with Crippen LogP contribution >= 0.6 is 0 Å². The van der Waals surface area contributed by atoms with E-state index in [-0.39, 0.29) is 25.3 Å². The van der Waals surface area contributed by atoms with Gasteiger partial charge in [-0.05, 0) is 5.53 Å².